The number of aromatic nitrogens is 1. The van der Waals surface area contributed by atoms with E-state index in [4.69, 9.17) is 14.7 Å². The lowest BCUT2D eigenvalue weighted by Crippen LogP contribution is -2.10. The number of carboxylic acid groups (broad SMARTS) is 1. The second kappa shape index (κ2) is 10.7. The van der Waals surface area contributed by atoms with Gasteiger partial charge >= 0.3 is 12.1 Å². The molecular weight excluding hydrogens is 469 g/mol. The number of alkyl halides is 3. The molecule has 0 atom stereocenters. The molecule has 1 aromatic heterocycles. The third-order valence-corrected chi connectivity index (χ3v) is 6.10. The minimum Gasteiger partial charge on any atom is -0.482 e. The summed E-state index contributed by atoms with van der Waals surface area (Å²) in [6.07, 6.45) is -3.77. The fraction of sp³-hybridized carbons (Fsp3) is 0.292. The van der Waals surface area contributed by atoms with Gasteiger partial charge in [0, 0.05) is 5.56 Å². The van der Waals surface area contributed by atoms with Crippen LogP contribution < -0.4 is 4.74 Å². The number of aryl methyl sites for hydroxylation is 2. The highest BCUT2D eigenvalue weighted by Crippen LogP contribution is 2.33. The van der Waals surface area contributed by atoms with Gasteiger partial charge in [-0.1, -0.05) is 24.2 Å². The molecule has 0 aliphatic carbocycles. The van der Waals surface area contributed by atoms with Gasteiger partial charge in [0.15, 0.2) is 13.2 Å². The van der Waals surface area contributed by atoms with Gasteiger partial charge in [-0.2, -0.15) is 13.2 Å². The van der Waals surface area contributed by atoms with E-state index in [0.29, 0.717) is 28.5 Å². The van der Waals surface area contributed by atoms with E-state index in [1.807, 2.05) is 26.8 Å². The summed E-state index contributed by atoms with van der Waals surface area (Å²) in [5.74, 6) is -0.564. The van der Waals surface area contributed by atoms with Crippen LogP contribution in [0.4, 0.5) is 13.2 Å². The van der Waals surface area contributed by atoms with Gasteiger partial charge in [0.05, 0.1) is 21.8 Å². The zero-order valence-electron chi connectivity index (χ0n) is 18.8. The molecule has 2 aromatic carbocycles. The van der Waals surface area contributed by atoms with Crippen LogP contribution in [0.25, 0.3) is 10.6 Å². The highest BCUT2D eigenvalue weighted by Gasteiger charge is 2.30. The molecule has 10 heteroatoms. The highest BCUT2D eigenvalue weighted by molar-refractivity contribution is 7.15. The second-order valence-electron chi connectivity index (χ2n) is 7.43. The first kappa shape index (κ1) is 25.2. The van der Waals surface area contributed by atoms with Crippen molar-refractivity contribution < 1.29 is 32.6 Å². The Morgan fingerprint density at radius 1 is 1.15 bits per heavy atom. The normalized spacial score (nSPS) is 12.0. The Balaban J connectivity index is 1.69. The fourth-order valence-electron chi connectivity index (χ4n) is 3.11. The standard InChI is InChI=1S/C24H23F3N2O4S/c1-4-19(17-7-10-20(14(2)11-17)32-13-22(30)31)29-33-12-21-15(3)28-23(34-21)16-5-8-18(9-6-16)24(25,26)27/h5-11H,4,12-13H2,1-3H3,(H,30,31)/b29-19+. The molecule has 3 rings (SSSR count). The number of aliphatic carboxylic acids is 1. The average Bonchev–Trinajstić information content (AvgIpc) is 3.15. The topological polar surface area (TPSA) is 81.0 Å². The van der Waals surface area contributed by atoms with Gasteiger partial charge in [-0.05, 0) is 61.7 Å². The smallest absolute Gasteiger partial charge is 0.416 e. The Bertz CT molecular complexity index is 1190. The van der Waals surface area contributed by atoms with Crippen LogP contribution in [0.2, 0.25) is 0 Å². The number of ether oxygens (including phenoxy) is 1. The molecule has 6 nitrogen and oxygen atoms in total. The molecule has 1 N–H and O–H groups in total. The maximum Gasteiger partial charge on any atom is 0.416 e. The molecule has 3 aromatic rings. The fourth-order valence-corrected chi connectivity index (χ4v) is 4.08. The Morgan fingerprint density at radius 2 is 1.85 bits per heavy atom. The lowest BCUT2D eigenvalue weighted by atomic mass is 10.0. The van der Waals surface area contributed by atoms with E-state index < -0.39 is 24.3 Å². The number of rotatable bonds is 9. The molecule has 0 aliphatic rings. The zero-order chi connectivity index (χ0) is 24.9. The van der Waals surface area contributed by atoms with Gasteiger partial charge in [0.25, 0.3) is 0 Å². The van der Waals surface area contributed by atoms with Crippen LogP contribution in [-0.2, 0) is 22.4 Å². The maximum absolute atomic E-state index is 12.8. The van der Waals surface area contributed by atoms with Crippen LogP contribution in [0.3, 0.4) is 0 Å². The Morgan fingerprint density at radius 3 is 2.44 bits per heavy atom. The molecule has 0 radical (unpaired) electrons. The number of benzene rings is 2. The van der Waals surface area contributed by atoms with E-state index in [0.717, 1.165) is 33.8 Å². The molecule has 0 bridgehead atoms. The van der Waals surface area contributed by atoms with Crippen LogP contribution in [0, 0.1) is 13.8 Å². The van der Waals surface area contributed by atoms with Gasteiger partial charge in [0.1, 0.15) is 10.8 Å². The first-order valence-corrected chi connectivity index (χ1v) is 11.2. The van der Waals surface area contributed by atoms with Crippen molar-refractivity contribution in [3.63, 3.8) is 0 Å². The van der Waals surface area contributed by atoms with E-state index in [9.17, 15) is 18.0 Å². The van der Waals surface area contributed by atoms with Gasteiger partial charge in [-0.25, -0.2) is 9.78 Å². The van der Waals surface area contributed by atoms with Crippen molar-refractivity contribution in [2.24, 2.45) is 5.16 Å². The Hall–Kier alpha value is -3.40. The van der Waals surface area contributed by atoms with Crippen molar-refractivity contribution in [1.82, 2.24) is 4.98 Å². The monoisotopic (exact) mass is 492 g/mol. The summed E-state index contributed by atoms with van der Waals surface area (Å²) in [5, 5.41) is 13.6. The Kier molecular flexibility index (Phi) is 7.93. The largest absolute Gasteiger partial charge is 0.482 e. The number of thiazole rings is 1. The van der Waals surface area contributed by atoms with E-state index in [-0.39, 0.29) is 6.61 Å². The van der Waals surface area contributed by atoms with E-state index in [1.54, 1.807) is 12.1 Å². The van der Waals surface area contributed by atoms with Crippen molar-refractivity contribution in [3.05, 3.63) is 69.7 Å². The third-order valence-electron chi connectivity index (χ3n) is 4.92. The van der Waals surface area contributed by atoms with Crippen molar-refractivity contribution >= 4 is 23.0 Å². The SMILES string of the molecule is CC/C(=N\OCc1sc(-c2ccc(C(F)(F)F)cc2)nc1C)c1ccc(OCC(=O)O)c(C)c1. The molecule has 0 fully saturated rings. The summed E-state index contributed by atoms with van der Waals surface area (Å²) in [6.45, 7) is 5.32. The van der Waals surface area contributed by atoms with Crippen molar-refractivity contribution in [2.45, 2.75) is 40.0 Å². The number of hydrogen-bond acceptors (Lipinski definition) is 6. The van der Waals surface area contributed by atoms with Crippen LogP contribution in [0.15, 0.2) is 47.6 Å². The number of carboxylic acids is 1. The Labute approximate surface area is 198 Å². The summed E-state index contributed by atoms with van der Waals surface area (Å²) in [6, 6.07) is 10.2. The lowest BCUT2D eigenvalue weighted by molar-refractivity contribution is -0.139. The van der Waals surface area contributed by atoms with Crippen molar-refractivity contribution in [3.8, 4) is 16.3 Å². The molecule has 0 saturated heterocycles. The summed E-state index contributed by atoms with van der Waals surface area (Å²) in [5.41, 5.74) is 2.94. The maximum atomic E-state index is 12.8. The van der Waals surface area contributed by atoms with Gasteiger partial charge in [-0.3, -0.25) is 0 Å². The molecule has 0 aliphatic heterocycles. The molecule has 0 saturated carbocycles. The molecule has 0 spiro atoms. The average molecular weight is 493 g/mol. The van der Waals surface area contributed by atoms with Crippen LogP contribution in [-0.4, -0.2) is 28.4 Å². The van der Waals surface area contributed by atoms with Crippen molar-refractivity contribution in [2.75, 3.05) is 6.61 Å². The highest BCUT2D eigenvalue weighted by atomic mass is 32.1. The number of nitrogens with zero attached hydrogens (tertiary/aromatic N) is 2. The quantitative estimate of drug-likeness (QED) is 0.283. The summed E-state index contributed by atoms with van der Waals surface area (Å²) < 4.78 is 43.6. The van der Waals surface area contributed by atoms with Gasteiger partial charge in [-0.15, -0.1) is 11.3 Å². The molecule has 0 amide bonds. The molecule has 180 valence electrons. The third kappa shape index (κ3) is 6.34. The first-order chi connectivity index (χ1) is 16.1. The van der Waals surface area contributed by atoms with Crippen molar-refractivity contribution in [1.29, 1.82) is 0 Å². The lowest BCUT2D eigenvalue weighted by Gasteiger charge is -2.10. The number of hydrogen-bond donors (Lipinski definition) is 1. The van der Waals surface area contributed by atoms with Gasteiger partial charge in [0.2, 0.25) is 0 Å². The van der Waals surface area contributed by atoms with E-state index in [1.165, 1.54) is 23.5 Å². The minimum absolute atomic E-state index is 0.173. The van der Waals surface area contributed by atoms with E-state index >= 15 is 0 Å². The summed E-state index contributed by atoms with van der Waals surface area (Å²) >= 11 is 1.34. The molecule has 1 heterocycles. The van der Waals surface area contributed by atoms with E-state index in [2.05, 4.69) is 10.1 Å². The first-order valence-electron chi connectivity index (χ1n) is 10.4. The summed E-state index contributed by atoms with van der Waals surface area (Å²) in [4.78, 5) is 21.5. The predicted octanol–water partition coefficient (Wildman–Crippen LogP) is 6.24. The zero-order valence-corrected chi connectivity index (χ0v) is 19.6. The van der Waals surface area contributed by atoms with Crippen LogP contribution in [0.5, 0.6) is 5.75 Å². The summed E-state index contributed by atoms with van der Waals surface area (Å²) in [7, 11) is 0. The predicted molar refractivity (Wildman–Crippen MR) is 123 cm³/mol. The van der Waals surface area contributed by atoms with Crippen LogP contribution in [0.1, 0.15) is 40.6 Å². The van der Waals surface area contributed by atoms with Gasteiger partial charge < -0.3 is 14.7 Å². The molecule has 0 unspecified atom stereocenters. The second-order valence-corrected chi connectivity index (χ2v) is 8.51. The number of carbonyl (C=O) groups is 1. The minimum atomic E-state index is -4.38. The number of halogens is 3. The molecule has 34 heavy (non-hydrogen) atoms. The van der Waals surface area contributed by atoms with Crippen LogP contribution >= 0.6 is 11.3 Å². The molecular formula is C24H23F3N2O4S. The number of oxime groups is 1.